The predicted molar refractivity (Wildman–Crippen MR) is 115 cm³/mol. The molecule has 31 heavy (non-hydrogen) atoms. The number of benzene rings is 3. The fraction of sp³-hybridized carbons (Fsp3) is 0.0455. The van der Waals surface area contributed by atoms with Gasteiger partial charge in [-0.25, -0.2) is 17.2 Å². The van der Waals surface area contributed by atoms with Gasteiger partial charge in [-0.15, -0.1) is 0 Å². The molecule has 0 unspecified atom stereocenters. The van der Waals surface area contributed by atoms with Crippen LogP contribution in [0.4, 0.5) is 14.7 Å². The molecule has 158 valence electrons. The molecule has 1 N–H and O–H groups in total. The molecule has 0 aliphatic rings. The normalized spacial score (nSPS) is 11.5. The van der Waals surface area contributed by atoms with Crippen molar-refractivity contribution in [2.24, 2.45) is 0 Å². The van der Waals surface area contributed by atoms with Gasteiger partial charge < -0.3 is 9.73 Å². The van der Waals surface area contributed by atoms with Crippen molar-refractivity contribution in [3.05, 3.63) is 94.5 Å². The largest absolute Gasteiger partial charge is 0.419 e. The van der Waals surface area contributed by atoms with Crippen molar-refractivity contribution in [1.82, 2.24) is 4.98 Å². The molecule has 0 saturated heterocycles. The summed E-state index contributed by atoms with van der Waals surface area (Å²) in [6.45, 7) is 0.182. The summed E-state index contributed by atoms with van der Waals surface area (Å²) in [6, 6.07) is 17.2. The molecule has 0 amide bonds. The van der Waals surface area contributed by atoms with Gasteiger partial charge >= 0.3 is 0 Å². The van der Waals surface area contributed by atoms with Gasteiger partial charge in [0.1, 0.15) is 11.6 Å². The van der Waals surface area contributed by atoms with Crippen LogP contribution < -0.4 is 5.32 Å². The molecule has 0 atom stereocenters. The number of hydrogen-bond donors (Lipinski definition) is 1. The Morgan fingerprint density at radius 3 is 2.06 bits per heavy atom. The zero-order valence-corrected chi connectivity index (χ0v) is 18.3. The number of rotatable bonds is 6. The predicted octanol–water partition coefficient (Wildman–Crippen LogP) is 5.83. The first-order valence-corrected chi connectivity index (χ1v) is 11.4. The molecule has 0 spiro atoms. The molecule has 5 nitrogen and oxygen atoms in total. The van der Waals surface area contributed by atoms with Crippen LogP contribution in [-0.2, 0) is 16.4 Å². The highest BCUT2D eigenvalue weighted by molar-refractivity contribution is 9.10. The summed E-state index contributed by atoms with van der Waals surface area (Å²) in [6.07, 6.45) is 0. The molecule has 0 aliphatic carbocycles. The molecule has 0 radical (unpaired) electrons. The Morgan fingerprint density at radius 2 is 1.45 bits per heavy atom. The molecule has 0 aliphatic heterocycles. The average Bonchev–Trinajstić information content (AvgIpc) is 3.19. The zero-order chi connectivity index (χ0) is 22.0. The number of sulfone groups is 1. The fourth-order valence-corrected chi connectivity index (χ4v) is 4.37. The standard InChI is InChI=1S/C22H15BrF2N2O3S/c23-16-5-3-15(4-6-16)20-27-22(31(28,29)19-11-9-18(25)10-12-19)21(30-20)26-13-14-1-7-17(24)8-2-14/h1-12,26H,13H2. The Bertz CT molecular complexity index is 1300. The van der Waals surface area contributed by atoms with Gasteiger partial charge in [-0.05, 0) is 66.2 Å². The molecule has 3 aromatic carbocycles. The Labute approximate surface area is 185 Å². The van der Waals surface area contributed by atoms with Crippen LogP contribution in [-0.4, -0.2) is 13.4 Å². The maximum Gasteiger partial charge on any atom is 0.234 e. The van der Waals surface area contributed by atoms with Crippen molar-refractivity contribution in [3.8, 4) is 11.5 Å². The zero-order valence-electron chi connectivity index (χ0n) is 15.8. The van der Waals surface area contributed by atoms with Gasteiger partial charge in [0.15, 0.2) is 0 Å². The van der Waals surface area contributed by atoms with E-state index in [2.05, 4.69) is 26.2 Å². The summed E-state index contributed by atoms with van der Waals surface area (Å²) in [7, 11) is -4.10. The molecule has 0 bridgehead atoms. The van der Waals surface area contributed by atoms with E-state index in [-0.39, 0.29) is 34.1 Å². The van der Waals surface area contributed by atoms with Gasteiger partial charge in [-0.3, -0.25) is 0 Å². The Morgan fingerprint density at radius 1 is 0.871 bits per heavy atom. The minimum atomic E-state index is -4.10. The lowest BCUT2D eigenvalue weighted by molar-refractivity contribution is 0.576. The second-order valence-corrected chi connectivity index (χ2v) is 9.38. The molecule has 1 heterocycles. The smallest absolute Gasteiger partial charge is 0.234 e. The second kappa shape index (κ2) is 8.60. The molecule has 4 rings (SSSR count). The number of aromatic nitrogens is 1. The van der Waals surface area contributed by atoms with Crippen molar-refractivity contribution in [2.45, 2.75) is 16.5 Å². The van der Waals surface area contributed by atoms with Crippen LogP contribution in [0.2, 0.25) is 0 Å². The fourth-order valence-electron chi connectivity index (χ4n) is 2.83. The van der Waals surface area contributed by atoms with E-state index in [4.69, 9.17) is 4.42 Å². The van der Waals surface area contributed by atoms with Gasteiger partial charge in [0.05, 0.1) is 4.90 Å². The second-order valence-electron chi connectivity index (χ2n) is 6.60. The van der Waals surface area contributed by atoms with Crippen molar-refractivity contribution in [1.29, 1.82) is 0 Å². The average molecular weight is 505 g/mol. The molecule has 0 saturated carbocycles. The highest BCUT2D eigenvalue weighted by atomic mass is 79.9. The van der Waals surface area contributed by atoms with Crippen molar-refractivity contribution < 1.29 is 21.6 Å². The third-order valence-corrected chi connectivity index (χ3v) is 6.64. The Balaban J connectivity index is 1.74. The lowest BCUT2D eigenvalue weighted by Gasteiger charge is -2.06. The highest BCUT2D eigenvalue weighted by Gasteiger charge is 2.28. The van der Waals surface area contributed by atoms with Gasteiger partial charge in [0, 0.05) is 16.6 Å². The Hall–Kier alpha value is -3.04. The SMILES string of the molecule is O=S(=O)(c1ccc(F)cc1)c1nc(-c2ccc(Br)cc2)oc1NCc1ccc(F)cc1. The lowest BCUT2D eigenvalue weighted by atomic mass is 10.2. The quantitative estimate of drug-likeness (QED) is 0.334. The summed E-state index contributed by atoms with van der Waals surface area (Å²) in [4.78, 5) is 4.10. The van der Waals surface area contributed by atoms with Crippen molar-refractivity contribution >= 4 is 31.7 Å². The first kappa shape index (κ1) is 21.2. The summed E-state index contributed by atoms with van der Waals surface area (Å²) >= 11 is 3.35. The van der Waals surface area contributed by atoms with E-state index < -0.39 is 15.7 Å². The van der Waals surface area contributed by atoms with E-state index in [1.165, 1.54) is 24.3 Å². The third-order valence-electron chi connectivity index (χ3n) is 4.43. The van der Waals surface area contributed by atoms with Crippen LogP contribution in [0.5, 0.6) is 0 Å². The number of nitrogens with zero attached hydrogens (tertiary/aromatic N) is 1. The molecular formula is C22H15BrF2N2O3S. The minimum absolute atomic E-state index is 0.0634. The van der Waals surface area contributed by atoms with E-state index in [0.717, 1.165) is 16.6 Å². The van der Waals surface area contributed by atoms with Crippen LogP contribution in [0.15, 0.2) is 91.6 Å². The third kappa shape index (κ3) is 4.67. The maximum absolute atomic E-state index is 13.3. The van der Waals surface area contributed by atoms with Crippen LogP contribution in [0.25, 0.3) is 11.5 Å². The summed E-state index contributed by atoms with van der Waals surface area (Å²) in [5.74, 6) is -0.883. The number of anilines is 1. The van der Waals surface area contributed by atoms with E-state index >= 15 is 0 Å². The van der Waals surface area contributed by atoms with E-state index in [0.29, 0.717) is 11.1 Å². The lowest BCUT2D eigenvalue weighted by Crippen LogP contribution is -2.07. The molecule has 1 aromatic heterocycles. The summed E-state index contributed by atoms with van der Waals surface area (Å²) in [5, 5.41) is 2.60. The van der Waals surface area contributed by atoms with Crippen LogP contribution in [0.3, 0.4) is 0 Å². The van der Waals surface area contributed by atoms with Crippen molar-refractivity contribution in [2.75, 3.05) is 5.32 Å². The maximum atomic E-state index is 13.3. The number of hydrogen-bond acceptors (Lipinski definition) is 5. The molecule has 0 fully saturated rings. The van der Waals surface area contributed by atoms with Crippen LogP contribution in [0, 0.1) is 11.6 Å². The summed E-state index contributed by atoms with van der Waals surface area (Å²) in [5.41, 5.74) is 1.29. The minimum Gasteiger partial charge on any atom is -0.419 e. The van der Waals surface area contributed by atoms with E-state index in [1.807, 2.05) is 0 Å². The monoisotopic (exact) mass is 504 g/mol. The number of nitrogens with one attached hydrogen (secondary N) is 1. The first-order valence-electron chi connectivity index (χ1n) is 9.09. The van der Waals surface area contributed by atoms with Crippen LogP contribution >= 0.6 is 15.9 Å². The molecule has 4 aromatic rings. The van der Waals surface area contributed by atoms with Gasteiger partial charge in [0.2, 0.25) is 26.6 Å². The van der Waals surface area contributed by atoms with Gasteiger partial charge in [-0.1, -0.05) is 28.1 Å². The summed E-state index contributed by atoms with van der Waals surface area (Å²) < 4.78 is 59.4. The molecular weight excluding hydrogens is 490 g/mol. The van der Waals surface area contributed by atoms with Gasteiger partial charge in [-0.2, -0.15) is 4.98 Å². The van der Waals surface area contributed by atoms with Gasteiger partial charge in [0.25, 0.3) is 0 Å². The Kier molecular flexibility index (Phi) is 5.88. The van der Waals surface area contributed by atoms with Crippen LogP contribution in [0.1, 0.15) is 5.56 Å². The number of halogens is 3. The van der Waals surface area contributed by atoms with E-state index in [1.54, 1.807) is 36.4 Å². The van der Waals surface area contributed by atoms with Crippen molar-refractivity contribution in [3.63, 3.8) is 0 Å². The number of oxazole rings is 1. The molecule has 9 heteroatoms. The van der Waals surface area contributed by atoms with E-state index in [9.17, 15) is 17.2 Å². The highest BCUT2D eigenvalue weighted by Crippen LogP contribution is 2.33. The first-order chi connectivity index (χ1) is 14.8. The topological polar surface area (TPSA) is 72.2 Å².